The second-order valence-electron chi connectivity index (χ2n) is 7.98. The molecule has 4 rings (SSSR count). The van der Waals surface area contributed by atoms with E-state index in [4.69, 9.17) is 0 Å². The molecule has 1 saturated heterocycles. The highest BCUT2D eigenvalue weighted by Gasteiger charge is 2.28. The summed E-state index contributed by atoms with van der Waals surface area (Å²) in [5.41, 5.74) is 0.697. The summed E-state index contributed by atoms with van der Waals surface area (Å²) in [7, 11) is -7.58. The lowest BCUT2D eigenvalue weighted by Crippen LogP contribution is -2.38. The molecule has 1 N–H and O–H groups in total. The first kappa shape index (κ1) is 25.4. The van der Waals surface area contributed by atoms with Crippen LogP contribution in [-0.4, -0.2) is 46.7 Å². The standard InChI is InChI=1S/C24H24BrN3O5S2/c25-19-8-12-21(13-9-19)28(35(32,33)22-6-2-1-3-7-22)18-24(29)26-20-10-14-23(15-11-20)34(30,31)27-16-4-5-17-27/h1-3,6-15H,4-5,16-18H2,(H,26,29). The van der Waals surface area contributed by atoms with Crippen molar-refractivity contribution in [1.82, 2.24) is 4.31 Å². The van der Waals surface area contributed by atoms with E-state index in [0.717, 1.165) is 21.6 Å². The second kappa shape index (κ2) is 10.5. The van der Waals surface area contributed by atoms with Crippen molar-refractivity contribution in [2.75, 3.05) is 29.3 Å². The lowest BCUT2D eigenvalue weighted by Gasteiger charge is -2.24. The summed E-state index contributed by atoms with van der Waals surface area (Å²) >= 11 is 3.33. The number of nitrogens with zero attached hydrogens (tertiary/aromatic N) is 2. The van der Waals surface area contributed by atoms with Crippen LogP contribution < -0.4 is 9.62 Å². The summed E-state index contributed by atoms with van der Waals surface area (Å²) in [6, 6.07) is 20.4. The fraction of sp³-hybridized carbons (Fsp3) is 0.208. The normalized spacial score (nSPS) is 14.5. The summed E-state index contributed by atoms with van der Waals surface area (Å²) in [6.07, 6.45) is 1.68. The van der Waals surface area contributed by atoms with Crippen molar-refractivity contribution >= 4 is 53.3 Å². The maximum atomic E-state index is 13.3. The first-order chi connectivity index (χ1) is 16.7. The minimum atomic E-state index is -4.02. The molecule has 3 aromatic carbocycles. The molecule has 0 aromatic heterocycles. The lowest BCUT2D eigenvalue weighted by molar-refractivity contribution is -0.114. The van der Waals surface area contributed by atoms with E-state index in [-0.39, 0.29) is 9.79 Å². The molecule has 1 heterocycles. The van der Waals surface area contributed by atoms with Crippen LogP contribution in [-0.2, 0) is 24.8 Å². The van der Waals surface area contributed by atoms with Crippen LogP contribution in [0.25, 0.3) is 0 Å². The second-order valence-corrected chi connectivity index (χ2v) is 12.7. The number of anilines is 2. The van der Waals surface area contributed by atoms with E-state index in [9.17, 15) is 21.6 Å². The molecule has 8 nitrogen and oxygen atoms in total. The van der Waals surface area contributed by atoms with Crippen LogP contribution >= 0.6 is 15.9 Å². The Balaban J connectivity index is 1.54. The average Bonchev–Trinajstić information content (AvgIpc) is 3.40. The molecule has 0 bridgehead atoms. The Bertz CT molecular complexity index is 1390. The number of nitrogens with one attached hydrogen (secondary N) is 1. The van der Waals surface area contributed by atoms with Gasteiger partial charge in [-0.15, -0.1) is 0 Å². The van der Waals surface area contributed by atoms with Crippen molar-refractivity contribution in [3.63, 3.8) is 0 Å². The smallest absolute Gasteiger partial charge is 0.264 e. The highest BCUT2D eigenvalue weighted by Crippen LogP contribution is 2.26. The molecule has 184 valence electrons. The number of hydrogen-bond donors (Lipinski definition) is 1. The van der Waals surface area contributed by atoms with Gasteiger partial charge in [-0.3, -0.25) is 9.10 Å². The molecule has 1 amide bonds. The van der Waals surface area contributed by atoms with Gasteiger partial charge in [-0.1, -0.05) is 34.1 Å². The predicted octanol–water partition coefficient (Wildman–Crippen LogP) is 4.07. The van der Waals surface area contributed by atoms with Gasteiger partial charge in [0.1, 0.15) is 6.54 Å². The summed E-state index contributed by atoms with van der Waals surface area (Å²) < 4.78 is 55.4. The van der Waals surface area contributed by atoms with Crippen LogP contribution in [0, 0.1) is 0 Å². The first-order valence-electron chi connectivity index (χ1n) is 10.9. The quantitative estimate of drug-likeness (QED) is 0.434. The molecule has 0 radical (unpaired) electrons. The van der Waals surface area contributed by atoms with E-state index in [1.165, 1.54) is 40.7 Å². The van der Waals surface area contributed by atoms with Gasteiger partial charge in [-0.05, 0) is 73.5 Å². The Morgan fingerprint density at radius 1 is 0.829 bits per heavy atom. The molecule has 0 aliphatic carbocycles. The van der Waals surface area contributed by atoms with Crippen molar-refractivity contribution in [2.24, 2.45) is 0 Å². The molecule has 1 fully saturated rings. The van der Waals surface area contributed by atoms with Gasteiger partial charge in [0.05, 0.1) is 15.5 Å². The molecule has 1 aliphatic rings. The Hall–Kier alpha value is -2.73. The molecule has 35 heavy (non-hydrogen) atoms. The van der Waals surface area contributed by atoms with Crippen LogP contribution in [0.1, 0.15) is 12.8 Å². The molecule has 0 atom stereocenters. The summed E-state index contributed by atoms with van der Waals surface area (Å²) in [4.78, 5) is 13.1. The van der Waals surface area contributed by atoms with Gasteiger partial charge < -0.3 is 5.32 Å². The first-order valence-corrected chi connectivity index (χ1v) is 14.6. The van der Waals surface area contributed by atoms with Crippen LogP contribution in [0.5, 0.6) is 0 Å². The van der Waals surface area contributed by atoms with Crippen molar-refractivity contribution in [2.45, 2.75) is 22.6 Å². The van der Waals surface area contributed by atoms with E-state index >= 15 is 0 Å². The van der Waals surface area contributed by atoms with Gasteiger partial charge in [-0.2, -0.15) is 4.31 Å². The topological polar surface area (TPSA) is 104 Å². The van der Waals surface area contributed by atoms with Crippen molar-refractivity contribution in [3.8, 4) is 0 Å². The maximum Gasteiger partial charge on any atom is 0.264 e. The molecule has 0 unspecified atom stereocenters. The van der Waals surface area contributed by atoms with Crippen LogP contribution in [0.3, 0.4) is 0 Å². The number of sulfonamides is 2. The van der Waals surface area contributed by atoms with Gasteiger partial charge in [0.15, 0.2) is 0 Å². The molecule has 11 heteroatoms. The molecule has 3 aromatic rings. The van der Waals surface area contributed by atoms with Crippen molar-refractivity contribution in [3.05, 3.63) is 83.3 Å². The Morgan fingerprint density at radius 2 is 1.43 bits per heavy atom. The minimum Gasteiger partial charge on any atom is -0.325 e. The Labute approximate surface area is 213 Å². The summed E-state index contributed by atoms with van der Waals surface area (Å²) in [5.74, 6) is -0.567. The number of rotatable bonds is 8. The van der Waals surface area contributed by atoms with Gasteiger partial charge in [-0.25, -0.2) is 16.8 Å². The van der Waals surface area contributed by atoms with Gasteiger partial charge in [0, 0.05) is 23.2 Å². The van der Waals surface area contributed by atoms with E-state index in [2.05, 4.69) is 21.2 Å². The Kier molecular flexibility index (Phi) is 7.60. The third kappa shape index (κ3) is 5.75. The number of amides is 1. The SMILES string of the molecule is O=C(CN(c1ccc(Br)cc1)S(=O)(=O)c1ccccc1)Nc1ccc(S(=O)(=O)N2CCCC2)cc1. The highest BCUT2D eigenvalue weighted by atomic mass is 79.9. The monoisotopic (exact) mass is 577 g/mol. The molecule has 1 aliphatic heterocycles. The molecular formula is C24H24BrN3O5S2. The molecule has 0 saturated carbocycles. The fourth-order valence-electron chi connectivity index (χ4n) is 3.76. The highest BCUT2D eigenvalue weighted by molar-refractivity contribution is 9.10. The zero-order valence-corrected chi connectivity index (χ0v) is 21.9. The van der Waals surface area contributed by atoms with Crippen LogP contribution in [0.15, 0.2) is 93.1 Å². The largest absolute Gasteiger partial charge is 0.325 e. The van der Waals surface area contributed by atoms with E-state index < -0.39 is 32.5 Å². The maximum absolute atomic E-state index is 13.3. The van der Waals surface area contributed by atoms with E-state index in [0.29, 0.717) is 24.5 Å². The summed E-state index contributed by atoms with van der Waals surface area (Å²) in [5, 5.41) is 2.66. The molecular weight excluding hydrogens is 554 g/mol. The Morgan fingerprint density at radius 3 is 2.03 bits per heavy atom. The number of halogens is 1. The van der Waals surface area contributed by atoms with Gasteiger partial charge in [0.25, 0.3) is 10.0 Å². The minimum absolute atomic E-state index is 0.0622. The van der Waals surface area contributed by atoms with E-state index in [1.807, 2.05) is 0 Å². The predicted molar refractivity (Wildman–Crippen MR) is 138 cm³/mol. The third-order valence-electron chi connectivity index (χ3n) is 5.57. The van der Waals surface area contributed by atoms with Gasteiger partial charge >= 0.3 is 0 Å². The fourth-order valence-corrected chi connectivity index (χ4v) is 6.98. The lowest BCUT2D eigenvalue weighted by atomic mass is 10.3. The third-order valence-corrected chi connectivity index (χ3v) is 9.80. The number of benzene rings is 3. The van der Waals surface area contributed by atoms with Crippen molar-refractivity contribution in [1.29, 1.82) is 0 Å². The zero-order chi connectivity index (χ0) is 25.1. The zero-order valence-electron chi connectivity index (χ0n) is 18.7. The number of hydrogen-bond acceptors (Lipinski definition) is 5. The number of carbonyl (C=O) groups is 1. The van der Waals surface area contributed by atoms with Crippen molar-refractivity contribution < 1.29 is 21.6 Å². The summed E-state index contributed by atoms with van der Waals surface area (Å²) in [6.45, 7) is 0.540. The number of carbonyl (C=O) groups excluding carboxylic acids is 1. The molecule has 0 spiro atoms. The van der Waals surface area contributed by atoms with Crippen LogP contribution in [0.2, 0.25) is 0 Å². The van der Waals surface area contributed by atoms with Crippen LogP contribution in [0.4, 0.5) is 11.4 Å². The average molecular weight is 579 g/mol. The van der Waals surface area contributed by atoms with Gasteiger partial charge in [0.2, 0.25) is 15.9 Å². The van der Waals surface area contributed by atoms with E-state index in [1.54, 1.807) is 42.5 Å².